The van der Waals surface area contributed by atoms with Crippen molar-refractivity contribution >= 4 is 29.1 Å². The van der Waals surface area contributed by atoms with Crippen molar-refractivity contribution in [3.63, 3.8) is 0 Å². The number of aryl methyl sites for hydroxylation is 1. The summed E-state index contributed by atoms with van der Waals surface area (Å²) < 4.78 is 11.4. The summed E-state index contributed by atoms with van der Waals surface area (Å²) in [6.07, 6.45) is 1.42. The molecule has 3 atom stereocenters. The van der Waals surface area contributed by atoms with Crippen LogP contribution in [0.3, 0.4) is 0 Å². The second kappa shape index (κ2) is 10.0. The molecule has 0 N–H and O–H groups in total. The number of amides is 1. The number of pyridine rings is 1. The second-order valence-corrected chi connectivity index (χ2v) is 9.19. The molecule has 0 saturated carbocycles. The molecule has 0 spiro atoms. The third kappa shape index (κ3) is 5.26. The van der Waals surface area contributed by atoms with Gasteiger partial charge in [0, 0.05) is 37.2 Å². The van der Waals surface area contributed by atoms with Gasteiger partial charge in [-0.05, 0) is 49.7 Å². The monoisotopic (exact) mass is 484 g/mol. The first-order chi connectivity index (χ1) is 15.9. The summed E-state index contributed by atoms with van der Waals surface area (Å²) in [6.45, 7) is 5.21. The standard InChI is InChI=1S/C26H26Cl2N2O3/c1-16-4-8-20(9-5-16)33-17(2)21-14-30(26(31)19-7-11-25(32-3)29-13-19)15-22(21)18-6-10-23(27)24(28)12-18/h4-13,17,21-22H,14-15H2,1-3H3/t17-,21?,22+/m1/s1. The van der Waals surface area contributed by atoms with E-state index in [1.54, 1.807) is 31.5 Å². The Hall–Kier alpha value is -2.76. The van der Waals surface area contributed by atoms with E-state index >= 15 is 0 Å². The number of carbonyl (C=O) groups is 1. The summed E-state index contributed by atoms with van der Waals surface area (Å²) in [7, 11) is 1.55. The molecule has 0 radical (unpaired) electrons. The van der Waals surface area contributed by atoms with Crippen molar-refractivity contribution < 1.29 is 14.3 Å². The molecule has 1 unspecified atom stereocenters. The van der Waals surface area contributed by atoms with Gasteiger partial charge in [-0.15, -0.1) is 0 Å². The van der Waals surface area contributed by atoms with Crippen LogP contribution < -0.4 is 9.47 Å². The summed E-state index contributed by atoms with van der Waals surface area (Å²) in [5, 5.41) is 1.01. The third-order valence-corrected chi connectivity index (χ3v) is 6.90. The quantitative estimate of drug-likeness (QED) is 0.428. The molecule has 5 nitrogen and oxygen atoms in total. The zero-order chi connectivity index (χ0) is 23.5. The maximum absolute atomic E-state index is 13.3. The maximum Gasteiger partial charge on any atom is 0.255 e. The van der Waals surface area contributed by atoms with Gasteiger partial charge in [0.25, 0.3) is 5.91 Å². The number of halogens is 2. The molecule has 0 bridgehead atoms. The summed E-state index contributed by atoms with van der Waals surface area (Å²) in [4.78, 5) is 19.3. The molecule has 2 heterocycles. The van der Waals surface area contributed by atoms with Crippen LogP contribution in [0.15, 0.2) is 60.8 Å². The van der Waals surface area contributed by atoms with E-state index < -0.39 is 0 Å². The van der Waals surface area contributed by atoms with E-state index in [2.05, 4.69) is 11.9 Å². The summed E-state index contributed by atoms with van der Waals surface area (Å²) in [5.74, 6) is 1.33. The number of nitrogens with zero attached hydrogens (tertiary/aromatic N) is 2. The highest BCUT2D eigenvalue weighted by molar-refractivity contribution is 6.42. The van der Waals surface area contributed by atoms with E-state index in [1.807, 2.05) is 48.2 Å². The number of methoxy groups -OCH3 is 1. The van der Waals surface area contributed by atoms with Crippen LogP contribution in [-0.4, -0.2) is 42.1 Å². The van der Waals surface area contributed by atoms with Crippen LogP contribution in [0.25, 0.3) is 0 Å². The number of ether oxygens (including phenoxy) is 2. The molecule has 1 fully saturated rings. The molecule has 1 aliphatic rings. The van der Waals surface area contributed by atoms with Crippen LogP contribution in [0.5, 0.6) is 11.6 Å². The molecule has 3 aromatic rings. The summed E-state index contributed by atoms with van der Waals surface area (Å²) in [6, 6.07) is 17.1. The minimum Gasteiger partial charge on any atom is -0.490 e. The summed E-state index contributed by atoms with van der Waals surface area (Å²) in [5.41, 5.74) is 2.74. The Labute approximate surface area is 204 Å². The van der Waals surface area contributed by atoms with Gasteiger partial charge in [-0.25, -0.2) is 4.98 Å². The van der Waals surface area contributed by atoms with E-state index in [0.29, 0.717) is 34.6 Å². The van der Waals surface area contributed by atoms with Crippen LogP contribution in [0.4, 0.5) is 0 Å². The highest BCUT2D eigenvalue weighted by Gasteiger charge is 2.40. The van der Waals surface area contributed by atoms with Gasteiger partial charge in [-0.1, -0.05) is 47.0 Å². The van der Waals surface area contributed by atoms with E-state index in [9.17, 15) is 4.79 Å². The Bertz CT molecular complexity index is 1120. The third-order valence-electron chi connectivity index (χ3n) is 6.16. The number of likely N-dealkylation sites (tertiary alicyclic amines) is 1. The fourth-order valence-electron chi connectivity index (χ4n) is 4.30. The second-order valence-electron chi connectivity index (χ2n) is 8.38. The SMILES string of the molecule is COc1ccc(C(=O)N2CC([C@@H](C)Oc3ccc(C)cc3)[C@H](c3ccc(Cl)c(Cl)c3)C2)cn1. The van der Waals surface area contributed by atoms with Gasteiger partial charge < -0.3 is 14.4 Å². The molecule has 172 valence electrons. The van der Waals surface area contributed by atoms with Crippen LogP contribution in [-0.2, 0) is 0 Å². The topological polar surface area (TPSA) is 51.7 Å². The fourth-order valence-corrected chi connectivity index (χ4v) is 4.60. The van der Waals surface area contributed by atoms with Crippen molar-refractivity contribution in [2.24, 2.45) is 5.92 Å². The predicted molar refractivity (Wildman–Crippen MR) is 131 cm³/mol. The number of hydrogen-bond donors (Lipinski definition) is 0. The van der Waals surface area contributed by atoms with Crippen molar-refractivity contribution in [3.05, 3.63) is 87.5 Å². The van der Waals surface area contributed by atoms with E-state index in [4.69, 9.17) is 32.7 Å². The Morgan fingerprint density at radius 3 is 2.45 bits per heavy atom. The lowest BCUT2D eigenvalue weighted by Crippen LogP contribution is -2.32. The largest absolute Gasteiger partial charge is 0.490 e. The highest BCUT2D eigenvalue weighted by atomic mass is 35.5. The minimum absolute atomic E-state index is 0.0513. The van der Waals surface area contributed by atoms with Gasteiger partial charge >= 0.3 is 0 Å². The van der Waals surface area contributed by atoms with Gasteiger partial charge in [0.15, 0.2) is 0 Å². The van der Waals surface area contributed by atoms with Crippen molar-refractivity contribution in [2.45, 2.75) is 25.9 Å². The van der Waals surface area contributed by atoms with Crippen LogP contribution >= 0.6 is 23.2 Å². The van der Waals surface area contributed by atoms with Crippen molar-refractivity contribution in [1.29, 1.82) is 0 Å². The first-order valence-electron chi connectivity index (χ1n) is 10.8. The molecule has 0 aliphatic carbocycles. The predicted octanol–water partition coefficient (Wildman–Crippen LogP) is 6.03. The number of carbonyl (C=O) groups excluding carboxylic acids is 1. The van der Waals surface area contributed by atoms with E-state index in [1.165, 1.54) is 5.56 Å². The van der Waals surface area contributed by atoms with Gasteiger partial charge in [0.1, 0.15) is 11.9 Å². The smallest absolute Gasteiger partial charge is 0.255 e. The Morgan fingerprint density at radius 1 is 1.06 bits per heavy atom. The lowest BCUT2D eigenvalue weighted by molar-refractivity contribution is 0.0770. The van der Waals surface area contributed by atoms with Gasteiger partial charge in [0.05, 0.1) is 22.7 Å². The average Bonchev–Trinajstić information content (AvgIpc) is 3.27. The number of benzene rings is 2. The van der Waals surface area contributed by atoms with Gasteiger partial charge in [-0.3, -0.25) is 4.79 Å². The van der Waals surface area contributed by atoms with Crippen molar-refractivity contribution in [1.82, 2.24) is 9.88 Å². The molecule has 33 heavy (non-hydrogen) atoms. The van der Waals surface area contributed by atoms with Crippen LogP contribution in [0, 0.1) is 12.8 Å². The normalized spacial score (nSPS) is 18.8. The zero-order valence-electron chi connectivity index (χ0n) is 18.8. The number of aromatic nitrogens is 1. The average molecular weight is 485 g/mol. The molecule has 1 aromatic heterocycles. The lowest BCUT2D eigenvalue weighted by Gasteiger charge is -2.26. The van der Waals surface area contributed by atoms with Gasteiger partial charge in [0.2, 0.25) is 5.88 Å². The molecule has 4 rings (SSSR count). The van der Waals surface area contributed by atoms with E-state index in [-0.39, 0.29) is 23.8 Å². The molecule has 1 saturated heterocycles. The Morgan fingerprint density at radius 2 is 1.82 bits per heavy atom. The minimum atomic E-state index is -0.126. The number of hydrogen-bond acceptors (Lipinski definition) is 4. The Kier molecular flexibility index (Phi) is 7.11. The molecule has 1 aliphatic heterocycles. The highest BCUT2D eigenvalue weighted by Crippen LogP contribution is 2.39. The fraction of sp³-hybridized carbons (Fsp3) is 0.308. The molecule has 1 amide bonds. The maximum atomic E-state index is 13.3. The van der Waals surface area contributed by atoms with Gasteiger partial charge in [-0.2, -0.15) is 0 Å². The van der Waals surface area contributed by atoms with Crippen molar-refractivity contribution in [3.8, 4) is 11.6 Å². The van der Waals surface area contributed by atoms with Crippen LogP contribution in [0.1, 0.15) is 34.3 Å². The Balaban J connectivity index is 1.60. The zero-order valence-corrected chi connectivity index (χ0v) is 20.3. The summed E-state index contributed by atoms with van der Waals surface area (Å²) >= 11 is 12.5. The first kappa shape index (κ1) is 23.4. The van der Waals surface area contributed by atoms with Crippen molar-refractivity contribution in [2.75, 3.05) is 20.2 Å². The first-order valence-corrected chi connectivity index (χ1v) is 11.6. The molecule has 7 heteroatoms. The molecular formula is C26H26Cl2N2O3. The van der Waals surface area contributed by atoms with E-state index in [0.717, 1.165) is 11.3 Å². The lowest BCUT2D eigenvalue weighted by atomic mass is 9.85. The molecule has 2 aromatic carbocycles. The van der Waals surface area contributed by atoms with Crippen LogP contribution in [0.2, 0.25) is 10.0 Å². The number of rotatable bonds is 6. The molecular weight excluding hydrogens is 459 g/mol.